The quantitative estimate of drug-likeness (QED) is 0.832. The van der Waals surface area contributed by atoms with Crippen LogP contribution in [0, 0.1) is 11.3 Å². The van der Waals surface area contributed by atoms with Crippen molar-refractivity contribution in [2.75, 3.05) is 32.7 Å². The van der Waals surface area contributed by atoms with Gasteiger partial charge in [-0.2, -0.15) is 5.26 Å². The molecule has 1 aliphatic carbocycles. The molecule has 112 valence electrons. The fourth-order valence-corrected chi connectivity index (χ4v) is 3.11. The van der Waals surface area contributed by atoms with Crippen LogP contribution < -0.4 is 5.32 Å². The second-order valence-corrected chi connectivity index (χ2v) is 6.02. The molecule has 5 nitrogen and oxygen atoms in total. The number of nitrogens with one attached hydrogen (secondary N) is 1. The molecule has 0 spiro atoms. The summed E-state index contributed by atoms with van der Waals surface area (Å²) >= 11 is 0. The highest BCUT2D eigenvalue weighted by atomic mass is 16.2. The molecular weight excluding hydrogens is 252 g/mol. The Balaban J connectivity index is 1.67. The molecule has 1 atom stereocenters. The van der Waals surface area contributed by atoms with Crippen molar-refractivity contribution in [1.29, 1.82) is 5.26 Å². The second kappa shape index (κ2) is 7.61. The second-order valence-electron chi connectivity index (χ2n) is 6.02. The van der Waals surface area contributed by atoms with Crippen molar-refractivity contribution in [1.82, 2.24) is 15.1 Å². The van der Waals surface area contributed by atoms with Crippen molar-refractivity contribution >= 4 is 5.91 Å². The highest BCUT2D eigenvalue weighted by Crippen LogP contribution is 2.17. The van der Waals surface area contributed by atoms with Crippen LogP contribution in [-0.2, 0) is 4.79 Å². The van der Waals surface area contributed by atoms with Crippen LogP contribution in [0.15, 0.2) is 0 Å². The Hall–Kier alpha value is -1.12. The minimum Gasteiger partial charge on any atom is -0.352 e. The zero-order valence-electron chi connectivity index (χ0n) is 12.5. The SMILES string of the molecule is CC(C#N)N1CCN(CC(=O)NC2CCCCC2)CC1. The Kier molecular flexibility index (Phi) is 5.81. The van der Waals surface area contributed by atoms with Crippen molar-refractivity contribution in [3.05, 3.63) is 0 Å². The van der Waals surface area contributed by atoms with E-state index in [0.29, 0.717) is 12.6 Å². The summed E-state index contributed by atoms with van der Waals surface area (Å²) in [5.41, 5.74) is 0. The minimum absolute atomic E-state index is 0.0202. The molecular formula is C15H26N4O. The Morgan fingerprint density at radius 2 is 1.90 bits per heavy atom. The Labute approximate surface area is 121 Å². The van der Waals surface area contributed by atoms with Gasteiger partial charge in [0.2, 0.25) is 5.91 Å². The Morgan fingerprint density at radius 1 is 1.25 bits per heavy atom. The van der Waals surface area contributed by atoms with Gasteiger partial charge in [-0.3, -0.25) is 14.6 Å². The third-order valence-corrected chi connectivity index (χ3v) is 4.48. The van der Waals surface area contributed by atoms with E-state index < -0.39 is 0 Å². The summed E-state index contributed by atoms with van der Waals surface area (Å²) in [7, 11) is 0. The molecule has 1 N–H and O–H groups in total. The van der Waals surface area contributed by atoms with Crippen molar-refractivity contribution in [3.8, 4) is 6.07 Å². The van der Waals surface area contributed by atoms with E-state index in [4.69, 9.17) is 5.26 Å². The third-order valence-electron chi connectivity index (χ3n) is 4.48. The maximum atomic E-state index is 12.0. The molecule has 0 radical (unpaired) electrons. The standard InChI is InChI=1S/C15H26N4O/c1-13(11-16)19-9-7-18(8-10-19)12-15(20)17-14-5-3-2-4-6-14/h13-14H,2-10,12H2,1H3,(H,17,20). The largest absolute Gasteiger partial charge is 0.352 e. The monoisotopic (exact) mass is 278 g/mol. The van der Waals surface area contributed by atoms with E-state index in [1.165, 1.54) is 19.3 Å². The molecule has 1 saturated carbocycles. The lowest BCUT2D eigenvalue weighted by Crippen LogP contribution is -2.52. The Morgan fingerprint density at radius 3 is 2.50 bits per heavy atom. The normalized spacial score (nSPS) is 24.0. The summed E-state index contributed by atoms with van der Waals surface area (Å²) < 4.78 is 0. The molecule has 20 heavy (non-hydrogen) atoms. The molecule has 1 amide bonds. The molecule has 1 saturated heterocycles. The number of nitriles is 1. The zero-order chi connectivity index (χ0) is 14.4. The van der Waals surface area contributed by atoms with E-state index in [-0.39, 0.29) is 11.9 Å². The van der Waals surface area contributed by atoms with Gasteiger partial charge in [0.25, 0.3) is 0 Å². The van der Waals surface area contributed by atoms with E-state index in [9.17, 15) is 4.79 Å². The van der Waals surface area contributed by atoms with E-state index in [0.717, 1.165) is 39.0 Å². The average Bonchev–Trinajstić information content (AvgIpc) is 2.48. The summed E-state index contributed by atoms with van der Waals surface area (Å²) in [6.07, 6.45) is 6.08. The first-order valence-corrected chi connectivity index (χ1v) is 7.84. The fourth-order valence-electron chi connectivity index (χ4n) is 3.11. The predicted octanol–water partition coefficient (Wildman–Crippen LogP) is 0.965. The van der Waals surface area contributed by atoms with E-state index in [1.807, 2.05) is 6.92 Å². The van der Waals surface area contributed by atoms with Gasteiger partial charge in [0.15, 0.2) is 0 Å². The first-order chi connectivity index (χ1) is 9.69. The van der Waals surface area contributed by atoms with Crippen molar-refractivity contribution in [2.45, 2.75) is 51.1 Å². The van der Waals surface area contributed by atoms with Gasteiger partial charge in [0.1, 0.15) is 0 Å². The number of nitrogens with zero attached hydrogens (tertiary/aromatic N) is 3. The molecule has 2 fully saturated rings. The van der Waals surface area contributed by atoms with Crippen molar-refractivity contribution in [2.24, 2.45) is 0 Å². The van der Waals surface area contributed by atoms with Gasteiger partial charge in [-0.25, -0.2) is 0 Å². The summed E-state index contributed by atoms with van der Waals surface area (Å²) in [6, 6.07) is 2.65. The molecule has 0 aromatic heterocycles. The topological polar surface area (TPSA) is 59.4 Å². The van der Waals surface area contributed by atoms with Gasteiger partial charge in [0, 0.05) is 32.2 Å². The van der Waals surface area contributed by atoms with Gasteiger partial charge in [-0.15, -0.1) is 0 Å². The Bertz CT molecular complexity index is 351. The average molecular weight is 278 g/mol. The highest BCUT2D eigenvalue weighted by Gasteiger charge is 2.23. The molecule has 0 aromatic carbocycles. The van der Waals surface area contributed by atoms with Crippen LogP contribution in [0.2, 0.25) is 0 Å². The molecule has 0 aromatic rings. The number of carbonyl (C=O) groups is 1. The van der Waals surface area contributed by atoms with Crippen LogP contribution in [0.3, 0.4) is 0 Å². The number of carbonyl (C=O) groups excluding carboxylic acids is 1. The van der Waals surface area contributed by atoms with Gasteiger partial charge < -0.3 is 5.32 Å². The van der Waals surface area contributed by atoms with E-state index in [1.54, 1.807) is 0 Å². The van der Waals surface area contributed by atoms with E-state index in [2.05, 4.69) is 21.2 Å². The minimum atomic E-state index is -0.0202. The lowest BCUT2D eigenvalue weighted by atomic mass is 9.95. The number of rotatable bonds is 4. The van der Waals surface area contributed by atoms with Gasteiger partial charge in [-0.1, -0.05) is 19.3 Å². The molecule has 2 rings (SSSR count). The maximum Gasteiger partial charge on any atom is 0.234 e. The molecule has 0 bridgehead atoms. The predicted molar refractivity (Wildman–Crippen MR) is 78.1 cm³/mol. The van der Waals surface area contributed by atoms with Crippen LogP contribution in [-0.4, -0.2) is 60.5 Å². The van der Waals surface area contributed by atoms with Crippen LogP contribution in [0.1, 0.15) is 39.0 Å². The lowest BCUT2D eigenvalue weighted by Gasteiger charge is -2.35. The summed E-state index contributed by atoms with van der Waals surface area (Å²) in [5.74, 6) is 0.165. The van der Waals surface area contributed by atoms with Crippen LogP contribution >= 0.6 is 0 Å². The smallest absolute Gasteiger partial charge is 0.234 e. The molecule has 5 heteroatoms. The van der Waals surface area contributed by atoms with Crippen LogP contribution in [0.5, 0.6) is 0 Å². The molecule has 1 aliphatic heterocycles. The third kappa shape index (κ3) is 4.46. The molecule has 1 unspecified atom stereocenters. The van der Waals surface area contributed by atoms with Crippen LogP contribution in [0.4, 0.5) is 0 Å². The number of piperazine rings is 1. The lowest BCUT2D eigenvalue weighted by molar-refractivity contribution is -0.123. The fraction of sp³-hybridized carbons (Fsp3) is 0.867. The summed E-state index contributed by atoms with van der Waals surface area (Å²) in [6.45, 7) is 5.96. The van der Waals surface area contributed by atoms with Crippen LogP contribution in [0.25, 0.3) is 0 Å². The van der Waals surface area contributed by atoms with Gasteiger partial charge >= 0.3 is 0 Å². The first-order valence-electron chi connectivity index (χ1n) is 7.84. The first kappa shape index (κ1) is 15.3. The zero-order valence-corrected chi connectivity index (χ0v) is 12.5. The van der Waals surface area contributed by atoms with Gasteiger partial charge in [-0.05, 0) is 19.8 Å². The van der Waals surface area contributed by atoms with Gasteiger partial charge in [0.05, 0.1) is 18.7 Å². The highest BCUT2D eigenvalue weighted by molar-refractivity contribution is 5.78. The molecule has 1 heterocycles. The number of amides is 1. The summed E-state index contributed by atoms with van der Waals surface area (Å²) in [5, 5.41) is 12.1. The maximum absolute atomic E-state index is 12.0. The summed E-state index contributed by atoms with van der Waals surface area (Å²) in [4.78, 5) is 16.4. The number of hydrogen-bond acceptors (Lipinski definition) is 4. The van der Waals surface area contributed by atoms with Crippen molar-refractivity contribution in [3.63, 3.8) is 0 Å². The van der Waals surface area contributed by atoms with E-state index >= 15 is 0 Å². The van der Waals surface area contributed by atoms with Crippen molar-refractivity contribution < 1.29 is 4.79 Å². The number of hydrogen-bond donors (Lipinski definition) is 1. The molecule has 2 aliphatic rings.